The Morgan fingerprint density at radius 2 is 2.07 bits per heavy atom. The van der Waals surface area contributed by atoms with Crippen molar-refractivity contribution in [1.29, 1.82) is 0 Å². The quantitative estimate of drug-likeness (QED) is 0.550. The molecule has 0 aliphatic carbocycles. The average Bonchev–Trinajstić information content (AvgIpc) is 3.26. The SMILES string of the molecule is O=C(Oc1ccccc1[N+](=O)[O-])N1CCN(CC2CCOC2)C1=N[N+](=O)[O-]. The van der Waals surface area contributed by atoms with Crippen LogP contribution in [0.3, 0.4) is 0 Å². The number of hydrogen-bond acceptors (Lipinski definition) is 7. The topological polar surface area (TPSA) is 141 Å². The van der Waals surface area contributed by atoms with Crippen molar-refractivity contribution in [3.63, 3.8) is 0 Å². The molecule has 1 unspecified atom stereocenters. The number of carbonyl (C=O) groups is 1. The summed E-state index contributed by atoms with van der Waals surface area (Å²) in [6.45, 7) is 2.10. The summed E-state index contributed by atoms with van der Waals surface area (Å²) in [7, 11) is 0. The van der Waals surface area contributed by atoms with E-state index in [1.54, 1.807) is 4.90 Å². The zero-order valence-electron chi connectivity index (χ0n) is 14.2. The van der Waals surface area contributed by atoms with E-state index in [9.17, 15) is 25.0 Å². The molecule has 1 amide bonds. The molecule has 0 spiro atoms. The maximum absolute atomic E-state index is 12.5. The fraction of sp³-hybridized carbons (Fsp3) is 0.467. The standard InChI is InChI=1S/C15H17N5O7/c21-15(27-13-4-2-1-3-12(13)19(22)23)18-7-6-17(14(18)16-20(24)25)9-11-5-8-26-10-11/h1-4,11H,5-10H2. The summed E-state index contributed by atoms with van der Waals surface area (Å²) in [4.78, 5) is 36.4. The predicted molar refractivity (Wildman–Crippen MR) is 90.8 cm³/mol. The third-order valence-corrected chi connectivity index (χ3v) is 4.27. The van der Waals surface area contributed by atoms with E-state index in [1.807, 2.05) is 0 Å². The summed E-state index contributed by atoms with van der Waals surface area (Å²) < 4.78 is 10.4. The van der Waals surface area contributed by atoms with Crippen molar-refractivity contribution >= 4 is 17.7 Å². The van der Waals surface area contributed by atoms with Gasteiger partial charge >= 0.3 is 11.8 Å². The van der Waals surface area contributed by atoms with Crippen molar-refractivity contribution in [3.8, 4) is 5.75 Å². The maximum atomic E-state index is 12.5. The number of ether oxygens (including phenoxy) is 2. The minimum absolute atomic E-state index is 0.125. The molecule has 0 radical (unpaired) electrons. The zero-order valence-corrected chi connectivity index (χ0v) is 14.2. The van der Waals surface area contributed by atoms with Crippen LogP contribution in [0, 0.1) is 26.1 Å². The first-order chi connectivity index (χ1) is 13.0. The lowest BCUT2D eigenvalue weighted by molar-refractivity contribution is -0.486. The third-order valence-electron chi connectivity index (χ3n) is 4.27. The molecule has 2 saturated heterocycles. The van der Waals surface area contributed by atoms with Crippen molar-refractivity contribution in [1.82, 2.24) is 9.80 Å². The van der Waals surface area contributed by atoms with Crippen LogP contribution in [0.4, 0.5) is 10.5 Å². The Bertz CT molecular complexity index is 778. The summed E-state index contributed by atoms with van der Waals surface area (Å²) in [5.74, 6) is -0.195. The molecule has 1 atom stereocenters. The number of hydrazone groups is 1. The van der Waals surface area contributed by atoms with Gasteiger partial charge in [-0.3, -0.25) is 10.1 Å². The Morgan fingerprint density at radius 3 is 2.74 bits per heavy atom. The third kappa shape index (κ3) is 4.28. The second-order valence-corrected chi connectivity index (χ2v) is 6.06. The van der Waals surface area contributed by atoms with Crippen LogP contribution in [-0.4, -0.2) is 64.7 Å². The van der Waals surface area contributed by atoms with Gasteiger partial charge in [-0.05, 0) is 12.5 Å². The molecular weight excluding hydrogens is 362 g/mol. The summed E-state index contributed by atoms with van der Waals surface area (Å²) in [5.41, 5.74) is -0.377. The molecular formula is C15H17N5O7. The summed E-state index contributed by atoms with van der Waals surface area (Å²) in [6.07, 6.45) is -0.141. The number of carbonyl (C=O) groups excluding carboxylic acids is 1. The highest BCUT2D eigenvalue weighted by Gasteiger charge is 2.37. The van der Waals surface area contributed by atoms with E-state index < -0.39 is 16.0 Å². The van der Waals surface area contributed by atoms with Crippen LogP contribution in [0.25, 0.3) is 0 Å². The maximum Gasteiger partial charge on any atom is 0.422 e. The molecule has 0 N–H and O–H groups in total. The van der Waals surface area contributed by atoms with Gasteiger partial charge in [-0.1, -0.05) is 12.1 Å². The molecule has 3 rings (SSSR count). The van der Waals surface area contributed by atoms with Gasteiger partial charge < -0.3 is 14.4 Å². The minimum atomic E-state index is -0.963. The number of benzene rings is 1. The molecule has 0 bridgehead atoms. The van der Waals surface area contributed by atoms with Gasteiger partial charge in [0.25, 0.3) is 5.96 Å². The van der Waals surface area contributed by atoms with Crippen LogP contribution in [-0.2, 0) is 4.74 Å². The highest BCUT2D eigenvalue weighted by molar-refractivity contribution is 5.96. The molecule has 1 aromatic rings. The van der Waals surface area contributed by atoms with E-state index in [0.29, 0.717) is 26.3 Å². The monoisotopic (exact) mass is 379 g/mol. The number of nitro benzene ring substituents is 1. The van der Waals surface area contributed by atoms with E-state index in [-0.39, 0.29) is 29.9 Å². The number of nitro groups is 2. The highest BCUT2D eigenvalue weighted by Crippen LogP contribution is 2.27. The van der Waals surface area contributed by atoms with Crippen LogP contribution in [0.2, 0.25) is 0 Å². The minimum Gasteiger partial charge on any atom is -0.402 e. The van der Waals surface area contributed by atoms with E-state index in [2.05, 4.69) is 5.10 Å². The number of amides is 1. The van der Waals surface area contributed by atoms with Gasteiger partial charge in [0, 0.05) is 31.7 Å². The summed E-state index contributed by atoms with van der Waals surface area (Å²) >= 11 is 0. The van der Waals surface area contributed by atoms with Crippen molar-refractivity contribution in [3.05, 3.63) is 44.5 Å². The van der Waals surface area contributed by atoms with Gasteiger partial charge in [-0.25, -0.2) is 19.8 Å². The smallest absolute Gasteiger partial charge is 0.402 e. The second kappa shape index (κ2) is 7.95. The molecule has 144 valence electrons. The largest absolute Gasteiger partial charge is 0.422 e. The van der Waals surface area contributed by atoms with Crippen molar-refractivity contribution in [2.45, 2.75) is 6.42 Å². The molecule has 0 saturated carbocycles. The number of rotatable bonds is 5. The van der Waals surface area contributed by atoms with Gasteiger partial charge in [0.1, 0.15) is 5.10 Å². The van der Waals surface area contributed by atoms with E-state index in [0.717, 1.165) is 11.3 Å². The van der Waals surface area contributed by atoms with Crippen LogP contribution < -0.4 is 4.74 Å². The number of para-hydroxylation sites is 2. The molecule has 12 nitrogen and oxygen atoms in total. The molecule has 2 heterocycles. The van der Waals surface area contributed by atoms with Gasteiger partial charge in [0.05, 0.1) is 18.1 Å². The lowest BCUT2D eigenvalue weighted by atomic mass is 10.1. The van der Waals surface area contributed by atoms with Crippen molar-refractivity contribution < 1.29 is 24.2 Å². The van der Waals surface area contributed by atoms with Gasteiger partial charge in [-0.2, -0.15) is 0 Å². The second-order valence-electron chi connectivity index (χ2n) is 6.06. The van der Waals surface area contributed by atoms with E-state index in [4.69, 9.17) is 9.47 Å². The highest BCUT2D eigenvalue weighted by atomic mass is 16.7. The summed E-state index contributed by atoms with van der Waals surface area (Å²) in [5, 5.41) is 24.4. The molecule has 2 fully saturated rings. The Labute approximate surface area is 153 Å². The Morgan fingerprint density at radius 1 is 1.30 bits per heavy atom. The predicted octanol–water partition coefficient (Wildman–Crippen LogP) is 1.30. The van der Waals surface area contributed by atoms with Crippen LogP contribution in [0.1, 0.15) is 6.42 Å². The lowest BCUT2D eigenvalue weighted by Crippen LogP contribution is -2.41. The Balaban J connectivity index is 1.77. The first-order valence-electron chi connectivity index (χ1n) is 8.24. The Kier molecular flexibility index (Phi) is 5.45. The lowest BCUT2D eigenvalue weighted by Gasteiger charge is -2.21. The van der Waals surface area contributed by atoms with E-state index >= 15 is 0 Å². The molecule has 0 aromatic heterocycles. The number of nitrogens with zero attached hydrogens (tertiary/aromatic N) is 5. The molecule has 27 heavy (non-hydrogen) atoms. The van der Waals surface area contributed by atoms with Crippen molar-refractivity contribution in [2.75, 3.05) is 32.8 Å². The zero-order chi connectivity index (χ0) is 19.4. The fourth-order valence-electron chi connectivity index (χ4n) is 3.01. The first-order valence-corrected chi connectivity index (χ1v) is 8.24. The van der Waals surface area contributed by atoms with Gasteiger partial charge in [-0.15, -0.1) is 0 Å². The van der Waals surface area contributed by atoms with Crippen LogP contribution >= 0.6 is 0 Å². The normalized spacial score (nSPS) is 20.9. The number of hydrogen-bond donors (Lipinski definition) is 0. The average molecular weight is 379 g/mol. The Hall–Kier alpha value is -3.28. The van der Waals surface area contributed by atoms with Gasteiger partial charge in [0.2, 0.25) is 5.75 Å². The van der Waals surface area contributed by atoms with Crippen LogP contribution in [0.15, 0.2) is 29.4 Å². The molecule has 2 aliphatic rings. The fourth-order valence-corrected chi connectivity index (χ4v) is 3.01. The van der Waals surface area contributed by atoms with Crippen molar-refractivity contribution in [2.24, 2.45) is 11.0 Å². The first kappa shape index (κ1) is 18.5. The molecule has 1 aromatic carbocycles. The number of guanidine groups is 1. The van der Waals surface area contributed by atoms with Crippen LogP contribution in [0.5, 0.6) is 5.75 Å². The molecule has 12 heteroatoms. The van der Waals surface area contributed by atoms with E-state index in [1.165, 1.54) is 24.3 Å². The molecule has 2 aliphatic heterocycles. The van der Waals surface area contributed by atoms with Gasteiger partial charge in [0.15, 0.2) is 5.03 Å². The summed E-state index contributed by atoms with van der Waals surface area (Å²) in [6, 6.07) is 5.41.